The van der Waals surface area contributed by atoms with E-state index >= 15 is 0 Å². The lowest BCUT2D eigenvalue weighted by Crippen LogP contribution is -2.30. The Balaban J connectivity index is 2.17. The van der Waals surface area contributed by atoms with Crippen LogP contribution in [0.4, 0.5) is 0 Å². The summed E-state index contributed by atoms with van der Waals surface area (Å²) >= 11 is 5.78. The predicted octanol–water partition coefficient (Wildman–Crippen LogP) is 1.75. The van der Waals surface area contributed by atoms with Crippen molar-refractivity contribution in [3.05, 3.63) is 34.9 Å². The van der Waals surface area contributed by atoms with Crippen LogP contribution in [-0.2, 0) is 4.79 Å². The molecule has 0 bridgehead atoms. The summed E-state index contributed by atoms with van der Waals surface area (Å²) in [5.41, 5.74) is 4.17. The Hall–Kier alpha value is -1.06. The van der Waals surface area contributed by atoms with Crippen LogP contribution in [0.5, 0.6) is 0 Å². The van der Waals surface area contributed by atoms with Gasteiger partial charge in [-0.3, -0.25) is 9.80 Å². The first-order chi connectivity index (χ1) is 6.66. The Labute approximate surface area is 87.6 Å². The van der Waals surface area contributed by atoms with Crippen molar-refractivity contribution in [3.63, 3.8) is 0 Å². The molecule has 0 saturated carbocycles. The van der Waals surface area contributed by atoms with Crippen LogP contribution in [0.3, 0.4) is 0 Å². The maximum absolute atomic E-state index is 11.3. The fourth-order valence-corrected chi connectivity index (χ4v) is 1.68. The minimum atomic E-state index is 0.0877. The number of nitrogens with zero attached hydrogens (tertiary/aromatic N) is 1. The third kappa shape index (κ3) is 1.74. The zero-order valence-corrected chi connectivity index (χ0v) is 8.58. The lowest BCUT2D eigenvalue weighted by Gasteiger charge is -2.12. The van der Waals surface area contributed by atoms with Crippen molar-refractivity contribution in [3.8, 4) is 0 Å². The van der Waals surface area contributed by atoms with Gasteiger partial charge in [-0.25, -0.2) is 5.43 Å². The van der Waals surface area contributed by atoms with Gasteiger partial charge in [0.2, 0.25) is 5.91 Å². The number of nitrogens with one attached hydrogen (secondary N) is 1. The quantitative estimate of drug-likeness (QED) is 0.766. The van der Waals surface area contributed by atoms with Gasteiger partial charge in [0, 0.05) is 18.5 Å². The molecule has 74 valence electrons. The topological polar surface area (TPSA) is 32.3 Å². The minimum absolute atomic E-state index is 0.0877. The van der Waals surface area contributed by atoms with Gasteiger partial charge in [0.1, 0.15) is 0 Å². The summed E-state index contributed by atoms with van der Waals surface area (Å²) in [6.07, 6.45) is 0.512. The molecule has 0 radical (unpaired) electrons. The standard InChI is InChI=1S/C10H11ClN2O/c1-13-10(14)6-9(12-13)7-2-4-8(11)5-3-7/h2-5,9,12H,6H2,1H3. The van der Waals surface area contributed by atoms with Crippen LogP contribution in [0.15, 0.2) is 24.3 Å². The van der Waals surface area contributed by atoms with Crippen molar-refractivity contribution in [1.82, 2.24) is 10.4 Å². The Morgan fingerprint density at radius 2 is 2.07 bits per heavy atom. The number of benzene rings is 1. The summed E-state index contributed by atoms with van der Waals surface area (Å²) in [7, 11) is 1.73. The minimum Gasteiger partial charge on any atom is -0.281 e. The van der Waals surface area contributed by atoms with E-state index in [0.717, 1.165) is 5.56 Å². The highest BCUT2D eigenvalue weighted by Crippen LogP contribution is 2.23. The van der Waals surface area contributed by atoms with E-state index in [-0.39, 0.29) is 11.9 Å². The van der Waals surface area contributed by atoms with Crippen LogP contribution in [0, 0.1) is 0 Å². The number of carbonyl (C=O) groups excluding carboxylic acids is 1. The summed E-state index contributed by atoms with van der Waals surface area (Å²) < 4.78 is 0. The van der Waals surface area contributed by atoms with E-state index in [1.165, 1.54) is 5.01 Å². The van der Waals surface area contributed by atoms with Crippen LogP contribution >= 0.6 is 11.6 Å². The molecule has 14 heavy (non-hydrogen) atoms. The van der Waals surface area contributed by atoms with Crippen LogP contribution in [0.1, 0.15) is 18.0 Å². The van der Waals surface area contributed by atoms with E-state index in [4.69, 9.17) is 11.6 Å². The second-order valence-electron chi connectivity index (χ2n) is 3.39. The van der Waals surface area contributed by atoms with Crippen molar-refractivity contribution in [2.75, 3.05) is 7.05 Å². The molecule has 1 saturated heterocycles. The number of hydrogen-bond donors (Lipinski definition) is 1. The van der Waals surface area contributed by atoms with Gasteiger partial charge in [-0.05, 0) is 17.7 Å². The first-order valence-electron chi connectivity index (χ1n) is 4.45. The summed E-state index contributed by atoms with van der Waals surface area (Å²) in [5, 5.41) is 2.24. The highest BCUT2D eigenvalue weighted by Gasteiger charge is 2.26. The average Bonchev–Trinajstić information content (AvgIpc) is 2.48. The molecule has 1 amide bonds. The molecule has 1 fully saturated rings. The summed E-state index contributed by atoms with van der Waals surface area (Å²) in [4.78, 5) is 11.3. The maximum atomic E-state index is 11.3. The molecule has 1 atom stereocenters. The molecule has 1 aliphatic rings. The summed E-state index contributed by atoms with van der Waals surface area (Å²) in [6.45, 7) is 0. The molecule has 0 aromatic heterocycles. The van der Waals surface area contributed by atoms with Crippen LogP contribution in [0.2, 0.25) is 5.02 Å². The Morgan fingerprint density at radius 3 is 2.57 bits per heavy atom. The van der Waals surface area contributed by atoms with Gasteiger partial charge in [0.05, 0.1) is 6.04 Å². The molecule has 1 unspecified atom stereocenters. The largest absolute Gasteiger partial charge is 0.281 e. The fourth-order valence-electron chi connectivity index (χ4n) is 1.55. The third-order valence-corrected chi connectivity index (χ3v) is 2.63. The van der Waals surface area contributed by atoms with Gasteiger partial charge < -0.3 is 0 Å². The third-order valence-electron chi connectivity index (χ3n) is 2.37. The summed E-state index contributed by atoms with van der Waals surface area (Å²) in [6, 6.07) is 7.63. The summed E-state index contributed by atoms with van der Waals surface area (Å²) in [5.74, 6) is 0.116. The number of hydrogen-bond acceptors (Lipinski definition) is 2. The SMILES string of the molecule is CN1NC(c2ccc(Cl)cc2)CC1=O. The predicted molar refractivity (Wildman–Crippen MR) is 54.7 cm³/mol. The van der Waals surface area contributed by atoms with Gasteiger partial charge in [0.15, 0.2) is 0 Å². The number of halogens is 1. The molecule has 1 heterocycles. The number of rotatable bonds is 1. The lowest BCUT2D eigenvalue weighted by atomic mass is 10.1. The van der Waals surface area contributed by atoms with Crippen molar-refractivity contribution in [2.45, 2.75) is 12.5 Å². The van der Waals surface area contributed by atoms with E-state index in [0.29, 0.717) is 11.4 Å². The lowest BCUT2D eigenvalue weighted by molar-refractivity contribution is -0.128. The van der Waals surface area contributed by atoms with E-state index < -0.39 is 0 Å². The molecule has 1 aromatic carbocycles. The second kappa shape index (κ2) is 3.59. The van der Waals surface area contributed by atoms with E-state index in [9.17, 15) is 4.79 Å². The molecule has 1 aromatic rings. The van der Waals surface area contributed by atoms with E-state index in [1.807, 2.05) is 24.3 Å². The molecular weight excluding hydrogens is 200 g/mol. The molecule has 4 heteroatoms. The Kier molecular flexibility index (Phi) is 2.44. The molecule has 0 aliphatic carbocycles. The molecule has 1 N–H and O–H groups in total. The smallest absolute Gasteiger partial charge is 0.238 e. The Morgan fingerprint density at radius 1 is 1.43 bits per heavy atom. The normalized spacial score (nSPS) is 21.7. The van der Waals surface area contributed by atoms with Crippen molar-refractivity contribution < 1.29 is 4.79 Å². The van der Waals surface area contributed by atoms with Gasteiger partial charge >= 0.3 is 0 Å². The van der Waals surface area contributed by atoms with Crippen LogP contribution in [0.25, 0.3) is 0 Å². The van der Waals surface area contributed by atoms with Crippen LogP contribution < -0.4 is 5.43 Å². The zero-order chi connectivity index (χ0) is 10.1. The van der Waals surface area contributed by atoms with E-state index in [2.05, 4.69) is 5.43 Å². The molecule has 3 nitrogen and oxygen atoms in total. The van der Waals surface area contributed by atoms with Crippen molar-refractivity contribution in [2.24, 2.45) is 0 Å². The molecule has 0 spiro atoms. The monoisotopic (exact) mass is 210 g/mol. The van der Waals surface area contributed by atoms with Crippen LogP contribution in [-0.4, -0.2) is 18.0 Å². The van der Waals surface area contributed by atoms with Gasteiger partial charge in [0.25, 0.3) is 0 Å². The Bertz CT molecular complexity index is 350. The maximum Gasteiger partial charge on any atom is 0.238 e. The van der Waals surface area contributed by atoms with E-state index in [1.54, 1.807) is 7.05 Å². The molecule has 1 aliphatic heterocycles. The first kappa shape index (κ1) is 9.49. The van der Waals surface area contributed by atoms with Gasteiger partial charge in [-0.2, -0.15) is 0 Å². The highest BCUT2D eigenvalue weighted by atomic mass is 35.5. The number of carbonyl (C=O) groups is 1. The molecular formula is C10H11ClN2O. The number of amides is 1. The average molecular weight is 211 g/mol. The zero-order valence-electron chi connectivity index (χ0n) is 7.83. The second-order valence-corrected chi connectivity index (χ2v) is 3.83. The van der Waals surface area contributed by atoms with Gasteiger partial charge in [-0.1, -0.05) is 23.7 Å². The molecule has 2 rings (SSSR count). The first-order valence-corrected chi connectivity index (χ1v) is 4.83. The fraction of sp³-hybridized carbons (Fsp3) is 0.300. The van der Waals surface area contributed by atoms with Gasteiger partial charge in [-0.15, -0.1) is 0 Å². The van der Waals surface area contributed by atoms with Crippen molar-refractivity contribution in [1.29, 1.82) is 0 Å². The highest BCUT2D eigenvalue weighted by molar-refractivity contribution is 6.30. The number of hydrazine groups is 1. The van der Waals surface area contributed by atoms with Crippen molar-refractivity contribution >= 4 is 17.5 Å².